The number of hydrogen-bond acceptors (Lipinski definition) is 8. The van der Waals surface area contributed by atoms with Gasteiger partial charge in [-0.3, -0.25) is 9.69 Å². The van der Waals surface area contributed by atoms with Crippen LogP contribution in [-0.2, 0) is 9.53 Å². The molecule has 2 aromatic heterocycles. The summed E-state index contributed by atoms with van der Waals surface area (Å²) in [6.07, 6.45) is 5.21. The maximum Gasteiger partial charge on any atom is 0.410 e. The van der Waals surface area contributed by atoms with Crippen LogP contribution in [0.15, 0.2) is 72.6 Å². The molecular formula is C42H49ClN6O6. The monoisotopic (exact) mass is 768 g/mol. The molecule has 0 radical (unpaired) electrons. The molecule has 2 amide bonds. The Labute approximate surface area is 326 Å². The van der Waals surface area contributed by atoms with Crippen LogP contribution in [-0.4, -0.2) is 112 Å². The third-order valence-electron chi connectivity index (χ3n) is 10.8. The van der Waals surface area contributed by atoms with Gasteiger partial charge in [0, 0.05) is 87.3 Å². The molecule has 4 heterocycles. The lowest BCUT2D eigenvalue weighted by Crippen LogP contribution is -2.55. The van der Waals surface area contributed by atoms with Gasteiger partial charge in [0.25, 0.3) is 0 Å². The second kappa shape index (κ2) is 15.6. The molecule has 2 aromatic carbocycles. The lowest BCUT2D eigenvalue weighted by Gasteiger charge is -2.43. The number of aromatic nitrogens is 2. The van der Waals surface area contributed by atoms with Gasteiger partial charge in [0.05, 0.1) is 11.6 Å². The van der Waals surface area contributed by atoms with E-state index in [2.05, 4.69) is 38.8 Å². The lowest BCUT2D eigenvalue weighted by molar-refractivity contribution is -0.143. The number of ether oxygens (including phenoxy) is 2. The number of H-pyrrole nitrogens is 1. The number of anilines is 1. The summed E-state index contributed by atoms with van der Waals surface area (Å²) in [4.78, 5) is 54.8. The summed E-state index contributed by atoms with van der Waals surface area (Å²) in [5, 5.41) is 11.5. The predicted octanol–water partition coefficient (Wildman–Crippen LogP) is 7.55. The van der Waals surface area contributed by atoms with Gasteiger partial charge in [-0.1, -0.05) is 36.2 Å². The first-order valence-electron chi connectivity index (χ1n) is 18.9. The van der Waals surface area contributed by atoms with Crippen molar-refractivity contribution < 1.29 is 29.0 Å². The van der Waals surface area contributed by atoms with Gasteiger partial charge < -0.3 is 34.3 Å². The van der Waals surface area contributed by atoms with E-state index in [0.717, 1.165) is 67.8 Å². The Bertz CT molecular complexity index is 2090. The van der Waals surface area contributed by atoms with Gasteiger partial charge in [-0.2, -0.15) is 0 Å². The Morgan fingerprint density at radius 2 is 1.64 bits per heavy atom. The molecule has 55 heavy (non-hydrogen) atoms. The molecule has 2 aliphatic heterocycles. The number of nitrogens with one attached hydrogen (secondary N) is 1. The molecule has 290 valence electrons. The van der Waals surface area contributed by atoms with Gasteiger partial charge in [0.2, 0.25) is 5.91 Å². The number of carboxylic acid groups (broad SMARTS) is 1. The number of carbonyl (C=O) groups is 3. The molecule has 1 unspecified atom stereocenters. The Hall–Kier alpha value is -5.07. The van der Waals surface area contributed by atoms with E-state index >= 15 is 0 Å². The van der Waals surface area contributed by atoms with Crippen LogP contribution in [0.1, 0.15) is 62.9 Å². The van der Waals surface area contributed by atoms with Gasteiger partial charge in [0.15, 0.2) is 0 Å². The summed E-state index contributed by atoms with van der Waals surface area (Å²) in [6, 6.07) is 16.9. The maximum absolute atomic E-state index is 14.2. The molecular weight excluding hydrogens is 720 g/mol. The minimum Gasteiger partial charge on any atom is -0.478 e. The first kappa shape index (κ1) is 38.2. The van der Waals surface area contributed by atoms with Crippen LogP contribution in [0.5, 0.6) is 11.5 Å². The van der Waals surface area contributed by atoms with Crippen molar-refractivity contribution in [3.05, 3.63) is 88.7 Å². The number of pyridine rings is 1. The Morgan fingerprint density at radius 3 is 2.33 bits per heavy atom. The van der Waals surface area contributed by atoms with Gasteiger partial charge in [-0.05, 0) is 87.6 Å². The summed E-state index contributed by atoms with van der Waals surface area (Å²) in [5.74, 6) is -0.199. The third-order valence-corrected chi connectivity index (χ3v) is 11.1. The van der Waals surface area contributed by atoms with Crippen molar-refractivity contribution in [1.82, 2.24) is 24.7 Å². The minimum atomic E-state index is -1.06. The van der Waals surface area contributed by atoms with Gasteiger partial charge in [-0.25, -0.2) is 14.6 Å². The van der Waals surface area contributed by atoms with E-state index in [1.165, 1.54) is 11.1 Å². The fourth-order valence-corrected chi connectivity index (χ4v) is 8.01. The minimum absolute atomic E-state index is 0.0815. The second-order valence-corrected chi connectivity index (χ2v) is 16.5. The quantitative estimate of drug-likeness (QED) is 0.187. The molecule has 3 aliphatic rings. The van der Waals surface area contributed by atoms with E-state index in [1.807, 2.05) is 56.0 Å². The number of nitrogens with zero attached hydrogens (tertiary/aromatic N) is 5. The van der Waals surface area contributed by atoms with Gasteiger partial charge >= 0.3 is 12.1 Å². The molecule has 7 rings (SSSR count). The van der Waals surface area contributed by atoms with Crippen LogP contribution < -0.4 is 9.64 Å². The van der Waals surface area contributed by atoms with Gasteiger partial charge in [0.1, 0.15) is 28.3 Å². The number of carbonyl (C=O) groups excluding carboxylic acids is 2. The normalized spacial score (nSPS) is 19.8. The predicted molar refractivity (Wildman–Crippen MR) is 213 cm³/mol. The third kappa shape index (κ3) is 8.76. The number of hydrogen-bond donors (Lipinski definition) is 2. The first-order chi connectivity index (χ1) is 26.2. The van der Waals surface area contributed by atoms with Crippen LogP contribution in [0.2, 0.25) is 5.02 Å². The molecule has 0 saturated carbocycles. The van der Waals surface area contributed by atoms with Crippen molar-refractivity contribution in [3.8, 4) is 11.5 Å². The highest BCUT2D eigenvalue weighted by Gasteiger charge is 2.42. The van der Waals surface area contributed by atoms with Crippen molar-refractivity contribution >= 4 is 51.9 Å². The molecule has 2 N–H and O–H groups in total. The maximum atomic E-state index is 14.2. The zero-order valence-corrected chi connectivity index (χ0v) is 32.7. The molecule has 4 aromatic rings. The number of fused-ring (bicyclic) bond motifs is 1. The van der Waals surface area contributed by atoms with Crippen LogP contribution in [0.4, 0.5) is 10.5 Å². The zero-order valence-electron chi connectivity index (χ0n) is 31.9. The van der Waals surface area contributed by atoms with E-state index < -0.39 is 17.0 Å². The number of aromatic carboxylic acids is 1. The number of aromatic amines is 1. The molecule has 0 bridgehead atoms. The number of carboxylic acids is 1. The summed E-state index contributed by atoms with van der Waals surface area (Å²) in [5.41, 5.74) is 4.24. The van der Waals surface area contributed by atoms with Crippen molar-refractivity contribution in [2.24, 2.45) is 5.41 Å². The average molecular weight is 769 g/mol. The summed E-state index contributed by atoms with van der Waals surface area (Å²) >= 11 is 6.28. The molecule has 13 heteroatoms. The SMILES string of the molecule is CC(C)(C)OC(=O)N1CCN(C(=O)C2(C)CCC(c3ccc(Cl)cc3)=C(CN3CCN(c4ccc(C(=O)O)c(Oc5cnc6[nH]ccc6c5)c4)CC3)C2)CC1. The van der Waals surface area contributed by atoms with Crippen LogP contribution >= 0.6 is 11.6 Å². The Balaban J connectivity index is 1.04. The lowest BCUT2D eigenvalue weighted by atomic mass is 9.70. The topological polar surface area (TPSA) is 132 Å². The Kier molecular flexibility index (Phi) is 10.8. The van der Waals surface area contributed by atoms with Crippen LogP contribution in [0.3, 0.4) is 0 Å². The average Bonchev–Trinajstić information content (AvgIpc) is 3.63. The zero-order chi connectivity index (χ0) is 38.9. The largest absolute Gasteiger partial charge is 0.478 e. The smallest absolute Gasteiger partial charge is 0.410 e. The van der Waals surface area contributed by atoms with E-state index in [0.29, 0.717) is 43.4 Å². The number of rotatable bonds is 8. The van der Waals surface area contributed by atoms with Crippen molar-refractivity contribution in [3.63, 3.8) is 0 Å². The molecule has 1 aliphatic carbocycles. The highest BCUT2D eigenvalue weighted by Crippen LogP contribution is 2.45. The number of benzene rings is 2. The van der Waals surface area contributed by atoms with E-state index in [1.54, 1.807) is 29.4 Å². The second-order valence-electron chi connectivity index (χ2n) is 16.0. The number of piperazine rings is 2. The molecule has 0 spiro atoms. The van der Waals surface area contributed by atoms with Crippen molar-refractivity contribution in [2.45, 2.75) is 52.6 Å². The van der Waals surface area contributed by atoms with E-state index in [4.69, 9.17) is 21.1 Å². The van der Waals surface area contributed by atoms with E-state index in [9.17, 15) is 19.5 Å². The fourth-order valence-electron chi connectivity index (χ4n) is 7.88. The number of amides is 2. The highest BCUT2D eigenvalue weighted by molar-refractivity contribution is 6.30. The molecule has 12 nitrogen and oxygen atoms in total. The van der Waals surface area contributed by atoms with Crippen LogP contribution in [0.25, 0.3) is 16.6 Å². The first-order valence-corrected chi connectivity index (χ1v) is 19.3. The van der Waals surface area contributed by atoms with E-state index in [-0.39, 0.29) is 23.3 Å². The summed E-state index contributed by atoms with van der Waals surface area (Å²) < 4.78 is 11.7. The number of allylic oxidation sites excluding steroid dienone is 1. The van der Waals surface area contributed by atoms with Crippen molar-refractivity contribution in [1.29, 1.82) is 0 Å². The summed E-state index contributed by atoms with van der Waals surface area (Å²) in [7, 11) is 0. The van der Waals surface area contributed by atoms with Crippen LogP contribution in [0, 0.1) is 5.41 Å². The molecule has 1 atom stereocenters. The van der Waals surface area contributed by atoms with Gasteiger partial charge in [-0.15, -0.1) is 0 Å². The fraction of sp³-hybridized carbons (Fsp3) is 0.429. The molecule has 2 saturated heterocycles. The Morgan fingerprint density at radius 1 is 0.927 bits per heavy atom. The summed E-state index contributed by atoms with van der Waals surface area (Å²) in [6.45, 7) is 13.3. The molecule has 2 fully saturated rings. The standard InChI is InChI=1S/C42H49ClN6O6/c1-41(2,3)55-40(53)49-21-19-48(20-22-49)39(52)42(4)13-11-34(28-5-7-31(43)8-6-28)30(25-42)27-46-15-17-47(18-16-46)32-9-10-35(38(50)51)36(24-32)54-33-23-29-12-14-44-37(29)45-26-33/h5-10,12,14,23-24,26H,11,13,15-22,25,27H2,1-4H3,(H,44,45)(H,50,51). The number of halogens is 1. The highest BCUT2D eigenvalue weighted by atomic mass is 35.5. The van der Waals surface area contributed by atoms with Crippen molar-refractivity contribution in [2.75, 3.05) is 63.8 Å².